The van der Waals surface area contributed by atoms with Crippen molar-refractivity contribution < 1.29 is 32.6 Å². The standard InChI is InChI=1S/C21H26F2N2O5/c1-5-15(14-8-6-7-9-16(14)30-21(22)23)25-19(26)18-12(2)17(13(3)24-18)20(27)29-11-10-28-4/h6-9,15,21,24H,5,10-11H2,1-4H3,(H,25,26). The van der Waals surface area contributed by atoms with Crippen molar-refractivity contribution in [1.29, 1.82) is 0 Å². The van der Waals surface area contributed by atoms with Crippen molar-refractivity contribution in [2.24, 2.45) is 0 Å². The van der Waals surface area contributed by atoms with Crippen LogP contribution < -0.4 is 10.1 Å². The summed E-state index contributed by atoms with van der Waals surface area (Å²) >= 11 is 0. The van der Waals surface area contributed by atoms with Crippen LogP contribution in [-0.4, -0.2) is 43.8 Å². The maximum absolute atomic E-state index is 12.9. The fraction of sp³-hybridized carbons (Fsp3) is 0.429. The normalized spacial score (nSPS) is 12.0. The van der Waals surface area contributed by atoms with Crippen LogP contribution in [0.5, 0.6) is 5.75 Å². The zero-order valence-corrected chi connectivity index (χ0v) is 17.4. The van der Waals surface area contributed by atoms with E-state index in [1.807, 2.05) is 6.92 Å². The lowest BCUT2D eigenvalue weighted by Gasteiger charge is -2.20. The van der Waals surface area contributed by atoms with E-state index in [0.717, 1.165) is 0 Å². The van der Waals surface area contributed by atoms with Gasteiger partial charge in [-0.05, 0) is 31.9 Å². The number of esters is 1. The van der Waals surface area contributed by atoms with Crippen LogP contribution in [0.3, 0.4) is 0 Å². The van der Waals surface area contributed by atoms with E-state index in [4.69, 9.17) is 9.47 Å². The molecule has 164 valence electrons. The molecule has 7 nitrogen and oxygen atoms in total. The maximum Gasteiger partial charge on any atom is 0.387 e. The molecule has 0 radical (unpaired) electrons. The first kappa shape index (κ1) is 23.3. The molecule has 1 aromatic carbocycles. The summed E-state index contributed by atoms with van der Waals surface area (Å²) in [5.74, 6) is -1.02. The highest BCUT2D eigenvalue weighted by Crippen LogP contribution is 2.29. The van der Waals surface area contributed by atoms with E-state index in [0.29, 0.717) is 23.2 Å². The van der Waals surface area contributed by atoms with Gasteiger partial charge in [-0.1, -0.05) is 25.1 Å². The number of aromatic nitrogens is 1. The maximum atomic E-state index is 12.9. The predicted molar refractivity (Wildman–Crippen MR) is 106 cm³/mol. The van der Waals surface area contributed by atoms with Crippen molar-refractivity contribution in [2.45, 2.75) is 39.8 Å². The summed E-state index contributed by atoms with van der Waals surface area (Å²) in [6.45, 7) is 2.51. The summed E-state index contributed by atoms with van der Waals surface area (Å²) in [7, 11) is 1.50. The number of aryl methyl sites for hydroxylation is 1. The molecule has 0 aliphatic carbocycles. The van der Waals surface area contributed by atoms with E-state index in [9.17, 15) is 18.4 Å². The van der Waals surface area contributed by atoms with Gasteiger partial charge in [-0.15, -0.1) is 0 Å². The first-order chi connectivity index (χ1) is 14.3. The third-order valence-electron chi connectivity index (χ3n) is 4.61. The van der Waals surface area contributed by atoms with Gasteiger partial charge < -0.3 is 24.5 Å². The molecule has 1 aromatic heterocycles. The van der Waals surface area contributed by atoms with Crippen molar-refractivity contribution in [3.05, 3.63) is 52.3 Å². The number of amides is 1. The minimum absolute atomic E-state index is 0.00134. The molecular formula is C21H26F2N2O5. The van der Waals surface area contributed by atoms with Crippen LogP contribution >= 0.6 is 0 Å². The predicted octanol–water partition coefficient (Wildman–Crippen LogP) is 3.92. The first-order valence-corrected chi connectivity index (χ1v) is 9.49. The minimum Gasteiger partial charge on any atom is -0.460 e. The Labute approximate surface area is 173 Å². The Balaban J connectivity index is 2.23. The van der Waals surface area contributed by atoms with E-state index in [2.05, 4.69) is 15.0 Å². The molecule has 2 aromatic rings. The highest BCUT2D eigenvalue weighted by molar-refractivity contribution is 6.00. The average Bonchev–Trinajstić information content (AvgIpc) is 3.00. The molecule has 1 heterocycles. The smallest absolute Gasteiger partial charge is 0.387 e. The van der Waals surface area contributed by atoms with Gasteiger partial charge in [0.2, 0.25) is 0 Å². The van der Waals surface area contributed by atoms with Crippen LogP contribution in [0, 0.1) is 13.8 Å². The third-order valence-corrected chi connectivity index (χ3v) is 4.61. The summed E-state index contributed by atoms with van der Waals surface area (Å²) in [5, 5.41) is 2.82. The summed E-state index contributed by atoms with van der Waals surface area (Å²) in [6.07, 6.45) is 0.444. The Bertz CT molecular complexity index is 882. The van der Waals surface area contributed by atoms with E-state index in [1.165, 1.54) is 13.2 Å². The van der Waals surface area contributed by atoms with Gasteiger partial charge in [0, 0.05) is 18.4 Å². The molecule has 30 heavy (non-hydrogen) atoms. The molecule has 0 saturated carbocycles. The van der Waals surface area contributed by atoms with Crippen molar-refractivity contribution >= 4 is 11.9 Å². The van der Waals surface area contributed by atoms with E-state index in [-0.39, 0.29) is 30.2 Å². The van der Waals surface area contributed by atoms with Gasteiger partial charge in [0.25, 0.3) is 5.91 Å². The lowest BCUT2D eigenvalue weighted by Crippen LogP contribution is -2.29. The number of ether oxygens (including phenoxy) is 3. The second-order valence-corrected chi connectivity index (χ2v) is 6.60. The average molecular weight is 424 g/mol. The van der Waals surface area contributed by atoms with Crippen LogP contribution in [0.2, 0.25) is 0 Å². The van der Waals surface area contributed by atoms with Crippen LogP contribution in [0.4, 0.5) is 8.78 Å². The number of carbonyl (C=O) groups excluding carboxylic acids is 2. The summed E-state index contributed by atoms with van der Waals surface area (Å²) in [6, 6.07) is 5.75. The molecule has 0 aliphatic rings. The molecule has 0 fully saturated rings. The minimum atomic E-state index is -2.97. The quantitative estimate of drug-likeness (QED) is 0.446. The molecule has 0 aliphatic heterocycles. The number of alkyl halides is 2. The number of hydrogen-bond acceptors (Lipinski definition) is 5. The Morgan fingerprint density at radius 3 is 2.50 bits per heavy atom. The van der Waals surface area contributed by atoms with Crippen molar-refractivity contribution in [3.63, 3.8) is 0 Å². The van der Waals surface area contributed by atoms with Crippen LogP contribution in [0.1, 0.15) is 57.1 Å². The number of carbonyl (C=O) groups is 2. The fourth-order valence-electron chi connectivity index (χ4n) is 3.17. The van der Waals surface area contributed by atoms with E-state index < -0.39 is 24.5 Å². The first-order valence-electron chi connectivity index (χ1n) is 9.49. The molecule has 1 amide bonds. The van der Waals surface area contributed by atoms with Crippen molar-refractivity contribution in [2.75, 3.05) is 20.3 Å². The number of H-pyrrole nitrogens is 1. The molecule has 1 unspecified atom stereocenters. The van der Waals surface area contributed by atoms with Gasteiger partial charge in [-0.3, -0.25) is 4.79 Å². The highest BCUT2D eigenvalue weighted by Gasteiger charge is 2.25. The fourth-order valence-corrected chi connectivity index (χ4v) is 3.17. The summed E-state index contributed by atoms with van der Waals surface area (Å²) < 4.78 is 40.0. The molecule has 1 atom stereocenters. The SMILES string of the molecule is CCC(NC(=O)c1[nH]c(C)c(C(=O)OCCOC)c1C)c1ccccc1OC(F)F. The second kappa shape index (κ2) is 10.7. The molecule has 0 saturated heterocycles. The van der Waals surface area contributed by atoms with Crippen LogP contribution in [-0.2, 0) is 9.47 Å². The summed E-state index contributed by atoms with van der Waals surface area (Å²) in [5.41, 5.74) is 1.87. The van der Waals surface area contributed by atoms with Crippen LogP contribution in [0.15, 0.2) is 24.3 Å². The largest absolute Gasteiger partial charge is 0.460 e. The molecule has 0 bridgehead atoms. The van der Waals surface area contributed by atoms with Gasteiger partial charge in [0.15, 0.2) is 0 Å². The van der Waals surface area contributed by atoms with Gasteiger partial charge in [0.05, 0.1) is 18.2 Å². The lowest BCUT2D eigenvalue weighted by atomic mass is 10.0. The van der Waals surface area contributed by atoms with Crippen molar-refractivity contribution in [1.82, 2.24) is 10.3 Å². The molecule has 2 rings (SSSR count). The van der Waals surface area contributed by atoms with E-state index >= 15 is 0 Å². The van der Waals surface area contributed by atoms with Gasteiger partial charge >= 0.3 is 12.6 Å². The number of rotatable bonds is 10. The number of nitrogens with one attached hydrogen (secondary N) is 2. The number of benzene rings is 1. The second-order valence-electron chi connectivity index (χ2n) is 6.60. The lowest BCUT2D eigenvalue weighted by molar-refractivity contribution is -0.0507. The topological polar surface area (TPSA) is 89.7 Å². The van der Waals surface area contributed by atoms with Gasteiger partial charge in [-0.25, -0.2) is 4.79 Å². The third kappa shape index (κ3) is 5.56. The number of halogens is 2. The summed E-state index contributed by atoms with van der Waals surface area (Å²) in [4.78, 5) is 28.1. The number of methoxy groups -OCH3 is 1. The Kier molecular flexibility index (Phi) is 8.35. The number of hydrogen-bond donors (Lipinski definition) is 2. The zero-order valence-electron chi connectivity index (χ0n) is 17.4. The Morgan fingerprint density at radius 2 is 1.87 bits per heavy atom. The number of aromatic amines is 1. The molecule has 9 heteroatoms. The Hall–Kier alpha value is -2.94. The molecular weight excluding hydrogens is 398 g/mol. The highest BCUT2D eigenvalue weighted by atomic mass is 19.3. The molecule has 0 spiro atoms. The number of para-hydroxylation sites is 1. The molecule has 2 N–H and O–H groups in total. The van der Waals surface area contributed by atoms with Gasteiger partial charge in [0.1, 0.15) is 18.1 Å². The van der Waals surface area contributed by atoms with Crippen LogP contribution in [0.25, 0.3) is 0 Å². The zero-order chi connectivity index (χ0) is 22.3. The van der Waals surface area contributed by atoms with Crippen molar-refractivity contribution in [3.8, 4) is 5.75 Å². The van der Waals surface area contributed by atoms with E-state index in [1.54, 1.807) is 32.0 Å². The Morgan fingerprint density at radius 1 is 1.17 bits per heavy atom. The monoisotopic (exact) mass is 424 g/mol. The van der Waals surface area contributed by atoms with Gasteiger partial charge in [-0.2, -0.15) is 8.78 Å².